The van der Waals surface area contributed by atoms with E-state index in [2.05, 4.69) is 11.9 Å². The summed E-state index contributed by atoms with van der Waals surface area (Å²) in [6, 6.07) is 4.26. The van der Waals surface area contributed by atoms with Gasteiger partial charge in [0, 0.05) is 0 Å². The first-order valence-electron chi connectivity index (χ1n) is 6.25. The molecule has 1 heterocycles. The summed E-state index contributed by atoms with van der Waals surface area (Å²) in [5.74, 6) is 0.0629. The van der Waals surface area contributed by atoms with Gasteiger partial charge in [-0.05, 0) is 17.7 Å². The molecule has 21 heavy (non-hydrogen) atoms. The molecule has 0 bridgehead atoms. The van der Waals surface area contributed by atoms with Gasteiger partial charge in [0.1, 0.15) is 6.61 Å². The lowest BCUT2D eigenvalue weighted by molar-refractivity contribution is -0.137. The van der Waals surface area contributed by atoms with E-state index < -0.39 is 18.1 Å². The first-order valence-corrected chi connectivity index (χ1v) is 6.25. The maximum atomic E-state index is 11.6. The molecule has 1 amide bonds. The molecule has 7 heteroatoms. The molecule has 0 radical (unpaired) electrons. The molecule has 1 aromatic rings. The van der Waals surface area contributed by atoms with E-state index in [1.807, 2.05) is 0 Å². The number of benzene rings is 1. The van der Waals surface area contributed by atoms with Crippen molar-refractivity contribution in [3.05, 3.63) is 36.4 Å². The van der Waals surface area contributed by atoms with Crippen molar-refractivity contribution in [1.29, 1.82) is 0 Å². The third-order valence-corrected chi connectivity index (χ3v) is 2.80. The quantitative estimate of drug-likeness (QED) is 0.777. The molecule has 2 N–H and O–H groups in total. The highest BCUT2D eigenvalue weighted by Crippen LogP contribution is 2.34. The van der Waals surface area contributed by atoms with E-state index in [4.69, 9.17) is 19.3 Å². The molecule has 7 nitrogen and oxygen atoms in total. The van der Waals surface area contributed by atoms with Crippen molar-refractivity contribution in [3.8, 4) is 11.5 Å². The minimum Gasteiger partial charge on any atom is -0.481 e. The van der Waals surface area contributed by atoms with Crippen molar-refractivity contribution in [2.75, 3.05) is 13.4 Å². The molecule has 0 aromatic heterocycles. The Bertz CT molecular complexity index is 556. The van der Waals surface area contributed by atoms with Crippen molar-refractivity contribution in [2.24, 2.45) is 0 Å². The van der Waals surface area contributed by atoms with Gasteiger partial charge in [-0.25, -0.2) is 4.79 Å². The van der Waals surface area contributed by atoms with Crippen LogP contribution in [0, 0.1) is 0 Å². The Labute approximate surface area is 121 Å². The maximum absolute atomic E-state index is 11.6. The number of hydrogen-bond acceptors (Lipinski definition) is 5. The topological polar surface area (TPSA) is 94.1 Å². The smallest absolute Gasteiger partial charge is 0.407 e. The lowest BCUT2D eigenvalue weighted by Gasteiger charge is -2.17. The fourth-order valence-corrected chi connectivity index (χ4v) is 1.88. The number of hydrogen-bond donors (Lipinski definition) is 2. The molecule has 112 valence electrons. The lowest BCUT2D eigenvalue weighted by atomic mass is 10.0. The number of aliphatic carboxylic acids is 1. The van der Waals surface area contributed by atoms with Crippen LogP contribution in [-0.4, -0.2) is 30.6 Å². The van der Waals surface area contributed by atoms with Crippen LogP contribution in [0.4, 0.5) is 4.79 Å². The first-order chi connectivity index (χ1) is 10.1. The highest BCUT2D eigenvalue weighted by atomic mass is 16.7. The molecule has 0 saturated carbocycles. The number of carbonyl (C=O) groups is 2. The number of nitrogens with one attached hydrogen (secondary N) is 1. The Morgan fingerprint density at radius 2 is 2.19 bits per heavy atom. The normalized spacial score (nSPS) is 13.3. The van der Waals surface area contributed by atoms with E-state index >= 15 is 0 Å². The molecule has 0 fully saturated rings. The van der Waals surface area contributed by atoms with Crippen LogP contribution in [0.5, 0.6) is 11.5 Å². The SMILES string of the molecule is C=CCOC(=O)NC(CC(=O)O)c1ccc2c(c1)OCO2. The van der Waals surface area contributed by atoms with Gasteiger partial charge in [-0.1, -0.05) is 18.7 Å². The van der Waals surface area contributed by atoms with Crippen molar-refractivity contribution in [3.63, 3.8) is 0 Å². The first kappa shape index (κ1) is 14.7. The van der Waals surface area contributed by atoms with Gasteiger partial charge >= 0.3 is 12.1 Å². The Kier molecular flexibility index (Phi) is 4.65. The van der Waals surface area contributed by atoms with Crippen LogP contribution in [0.1, 0.15) is 18.0 Å². The predicted octanol–water partition coefficient (Wildman–Crippen LogP) is 1.84. The summed E-state index contributed by atoms with van der Waals surface area (Å²) in [5, 5.41) is 11.5. The number of ether oxygens (including phenoxy) is 3. The standard InChI is InChI=1S/C14H15NO6/c1-2-5-19-14(18)15-10(7-13(16)17)9-3-4-11-12(6-9)21-8-20-11/h2-4,6,10H,1,5,7-8H2,(H,15,18)(H,16,17). The molecule has 1 aromatic carbocycles. The molecule has 0 spiro atoms. The van der Waals surface area contributed by atoms with Crippen molar-refractivity contribution >= 4 is 12.1 Å². The molecule has 1 atom stereocenters. The van der Waals surface area contributed by atoms with Crippen molar-refractivity contribution < 1.29 is 28.9 Å². The molecule has 1 aliphatic heterocycles. The number of alkyl carbamates (subject to hydrolysis) is 1. The van der Waals surface area contributed by atoms with E-state index in [0.717, 1.165) is 0 Å². The van der Waals surface area contributed by atoms with Crippen LogP contribution >= 0.6 is 0 Å². The van der Waals surface area contributed by atoms with Gasteiger partial charge < -0.3 is 24.6 Å². The fourth-order valence-electron chi connectivity index (χ4n) is 1.88. The van der Waals surface area contributed by atoms with E-state index in [1.165, 1.54) is 6.08 Å². The second-order valence-corrected chi connectivity index (χ2v) is 4.29. The Hall–Kier alpha value is -2.70. The molecule has 2 rings (SSSR count). The van der Waals surface area contributed by atoms with Gasteiger partial charge in [-0.15, -0.1) is 0 Å². The molecule has 1 aliphatic rings. The van der Waals surface area contributed by atoms with Gasteiger partial charge in [0.25, 0.3) is 0 Å². The zero-order chi connectivity index (χ0) is 15.2. The largest absolute Gasteiger partial charge is 0.481 e. The minimum atomic E-state index is -1.04. The monoisotopic (exact) mass is 293 g/mol. The molecular weight excluding hydrogens is 278 g/mol. The van der Waals surface area contributed by atoms with E-state index in [-0.39, 0.29) is 19.8 Å². The van der Waals surface area contributed by atoms with Crippen LogP contribution < -0.4 is 14.8 Å². The summed E-state index contributed by atoms with van der Waals surface area (Å²) >= 11 is 0. The van der Waals surface area contributed by atoms with Crippen LogP contribution in [0.2, 0.25) is 0 Å². The number of rotatable bonds is 6. The van der Waals surface area contributed by atoms with Gasteiger partial charge in [0.15, 0.2) is 11.5 Å². The van der Waals surface area contributed by atoms with Crippen LogP contribution in [0.3, 0.4) is 0 Å². The molecular formula is C14H15NO6. The Balaban J connectivity index is 2.13. The van der Waals surface area contributed by atoms with Crippen LogP contribution in [-0.2, 0) is 9.53 Å². The number of fused-ring (bicyclic) bond motifs is 1. The van der Waals surface area contributed by atoms with Crippen LogP contribution in [0.25, 0.3) is 0 Å². The van der Waals surface area contributed by atoms with Gasteiger partial charge in [-0.2, -0.15) is 0 Å². The minimum absolute atomic E-state index is 0.0484. The summed E-state index contributed by atoms with van der Waals surface area (Å²) in [5.41, 5.74) is 0.595. The maximum Gasteiger partial charge on any atom is 0.407 e. The summed E-state index contributed by atoms with van der Waals surface area (Å²) in [7, 11) is 0. The molecule has 0 aliphatic carbocycles. The lowest BCUT2D eigenvalue weighted by Crippen LogP contribution is -2.30. The van der Waals surface area contributed by atoms with Gasteiger partial charge in [0.05, 0.1) is 12.5 Å². The van der Waals surface area contributed by atoms with Crippen molar-refractivity contribution in [1.82, 2.24) is 5.32 Å². The summed E-state index contributed by atoms with van der Waals surface area (Å²) in [6.07, 6.45) is 0.439. The fraction of sp³-hybridized carbons (Fsp3) is 0.286. The Morgan fingerprint density at radius 3 is 2.90 bits per heavy atom. The highest BCUT2D eigenvalue weighted by molar-refractivity contribution is 5.72. The zero-order valence-electron chi connectivity index (χ0n) is 11.2. The van der Waals surface area contributed by atoms with Crippen molar-refractivity contribution in [2.45, 2.75) is 12.5 Å². The number of carboxylic acids is 1. The summed E-state index contributed by atoms with van der Waals surface area (Å²) in [6.45, 7) is 3.60. The predicted molar refractivity (Wildman–Crippen MR) is 72.2 cm³/mol. The number of carbonyl (C=O) groups excluding carboxylic acids is 1. The number of amides is 1. The number of carboxylic acid groups (broad SMARTS) is 1. The molecule has 0 saturated heterocycles. The van der Waals surface area contributed by atoms with E-state index in [1.54, 1.807) is 18.2 Å². The summed E-state index contributed by atoms with van der Waals surface area (Å²) in [4.78, 5) is 22.5. The average molecular weight is 293 g/mol. The third kappa shape index (κ3) is 3.88. The second-order valence-electron chi connectivity index (χ2n) is 4.29. The zero-order valence-corrected chi connectivity index (χ0v) is 11.2. The van der Waals surface area contributed by atoms with Gasteiger partial charge in [0.2, 0.25) is 6.79 Å². The van der Waals surface area contributed by atoms with Crippen LogP contribution in [0.15, 0.2) is 30.9 Å². The Morgan fingerprint density at radius 1 is 1.43 bits per heavy atom. The molecule has 1 unspecified atom stereocenters. The van der Waals surface area contributed by atoms with E-state index in [9.17, 15) is 9.59 Å². The van der Waals surface area contributed by atoms with Gasteiger partial charge in [-0.3, -0.25) is 4.79 Å². The average Bonchev–Trinajstić information content (AvgIpc) is 2.91. The summed E-state index contributed by atoms with van der Waals surface area (Å²) < 4.78 is 15.2. The van der Waals surface area contributed by atoms with E-state index in [0.29, 0.717) is 17.1 Å². The second kappa shape index (κ2) is 6.65. The highest BCUT2D eigenvalue weighted by Gasteiger charge is 2.22. The third-order valence-electron chi connectivity index (χ3n) is 2.80.